The molecule has 0 radical (unpaired) electrons. The third-order valence-electron chi connectivity index (χ3n) is 6.80. The van der Waals surface area contributed by atoms with Crippen molar-refractivity contribution < 1.29 is 19.1 Å². The van der Waals surface area contributed by atoms with Gasteiger partial charge in [-0.05, 0) is 50.0 Å². The maximum absolute atomic E-state index is 13.1. The van der Waals surface area contributed by atoms with Gasteiger partial charge in [-0.15, -0.1) is 12.3 Å². The highest BCUT2D eigenvalue weighted by molar-refractivity contribution is 5.96. The summed E-state index contributed by atoms with van der Waals surface area (Å²) >= 11 is 0. The molecule has 174 valence electrons. The normalized spacial score (nSPS) is 30.3. The lowest BCUT2D eigenvalue weighted by molar-refractivity contribution is -0.156. The van der Waals surface area contributed by atoms with Crippen LogP contribution in [-0.2, 0) is 19.1 Å². The van der Waals surface area contributed by atoms with Gasteiger partial charge in [0.1, 0.15) is 11.8 Å². The van der Waals surface area contributed by atoms with Gasteiger partial charge in [0, 0.05) is 30.8 Å². The van der Waals surface area contributed by atoms with Crippen molar-refractivity contribution in [1.29, 1.82) is 0 Å². The van der Waals surface area contributed by atoms with Crippen molar-refractivity contribution in [1.82, 2.24) is 15.1 Å². The molecular weight excluding hydrogens is 418 g/mol. The molecule has 2 amide bonds. The number of likely N-dealkylation sites (N-methyl/N-ethyl adjacent to an activating group) is 1. The fourth-order valence-corrected chi connectivity index (χ4v) is 5.34. The SMILES string of the molecule is C#CC.CC1=C(/C=C(\C)[C@@H]2C3=C(CC4C(=O)N(C)CC(=O)N42)C2C(=CC=CC2C)N3)OCO1. The van der Waals surface area contributed by atoms with E-state index in [9.17, 15) is 9.59 Å². The van der Waals surface area contributed by atoms with Crippen LogP contribution in [0, 0.1) is 24.2 Å². The standard InChI is InChI=1S/C23H27N3O4.C3H4/c1-12-6-5-7-16-20(12)15-9-17-23(28)25(4)10-19(27)26(17)22(21(15)24-16)13(2)8-18-14(3)29-11-30-18;1-3-2/h5-8,12,17,20,22,24H,9-11H2,1-4H3;1H,2H3/b13-8+;/t12?,17?,20?,22-;/m1./s1. The van der Waals surface area contributed by atoms with Crippen molar-refractivity contribution >= 4 is 11.8 Å². The first kappa shape index (κ1) is 22.8. The van der Waals surface area contributed by atoms with E-state index in [1.54, 1.807) is 23.8 Å². The van der Waals surface area contributed by atoms with Crippen LogP contribution >= 0.6 is 0 Å². The highest BCUT2D eigenvalue weighted by atomic mass is 16.7. The van der Waals surface area contributed by atoms with Crippen molar-refractivity contribution in [2.75, 3.05) is 20.4 Å². The largest absolute Gasteiger partial charge is 0.458 e. The zero-order valence-corrected chi connectivity index (χ0v) is 19.8. The molecule has 4 heterocycles. The number of piperazine rings is 1. The van der Waals surface area contributed by atoms with Gasteiger partial charge in [0.2, 0.25) is 18.6 Å². The van der Waals surface area contributed by atoms with Gasteiger partial charge >= 0.3 is 0 Å². The quantitative estimate of drug-likeness (QED) is 0.657. The van der Waals surface area contributed by atoms with Gasteiger partial charge in [0.05, 0.1) is 12.6 Å². The Morgan fingerprint density at radius 3 is 2.73 bits per heavy atom. The van der Waals surface area contributed by atoms with E-state index in [0.717, 1.165) is 22.7 Å². The summed E-state index contributed by atoms with van der Waals surface area (Å²) in [5, 5.41) is 3.61. The van der Waals surface area contributed by atoms with Crippen LogP contribution in [0.3, 0.4) is 0 Å². The van der Waals surface area contributed by atoms with Gasteiger partial charge in [0.25, 0.3) is 0 Å². The maximum atomic E-state index is 13.1. The lowest BCUT2D eigenvalue weighted by Crippen LogP contribution is -2.64. The first-order valence-electron chi connectivity index (χ1n) is 11.2. The monoisotopic (exact) mass is 449 g/mol. The van der Waals surface area contributed by atoms with Crippen LogP contribution in [0.1, 0.15) is 34.1 Å². The first-order valence-corrected chi connectivity index (χ1v) is 11.2. The van der Waals surface area contributed by atoms with E-state index in [-0.39, 0.29) is 37.1 Å². The van der Waals surface area contributed by atoms with Crippen molar-refractivity contribution in [3.63, 3.8) is 0 Å². The number of allylic oxidation sites excluding steroid dienone is 6. The summed E-state index contributed by atoms with van der Waals surface area (Å²) in [5.74, 6) is 4.19. The Morgan fingerprint density at radius 1 is 1.33 bits per heavy atom. The molecule has 0 bridgehead atoms. The predicted octanol–water partition coefficient (Wildman–Crippen LogP) is 2.81. The number of amides is 2. The van der Waals surface area contributed by atoms with Crippen molar-refractivity contribution in [3.05, 3.63) is 58.4 Å². The number of ether oxygens (including phenoxy) is 2. The zero-order chi connectivity index (χ0) is 23.9. The fraction of sp³-hybridized carbons (Fsp3) is 0.462. The van der Waals surface area contributed by atoms with E-state index in [2.05, 4.69) is 42.8 Å². The second-order valence-electron chi connectivity index (χ2n) is 9.03. The molecule has 0 aromatic rings. The van der Waals surface area contributed by atoms with Crippen LogP contribution in [0.2, 0.25) is 0 Å². The Morgan fingerprint density at radius 2 is 2.06 bits per heavy atom. The molecule has 0 spiro atoms. The lowest BCUT2D eigenvalue weighted by atomic mass is 9.77. The number of nitrogens with zero attached hydrogens (tertiary/aromatic N) is 2. The van der Waals surface area contributed by atoms with Crippen LogP contribution in [0.15, 0.2) is 58.4 Å². The summed E-state index contributed by atoms with van der Waals surface area (Å²) in [6.45, 7) is 8.02. The molecule has 0 aromatic heterocycles. The Labute approximate surface area is 195 Å². The smallest absolute Gasteiger partial charge is 0.245 e. The number of nitrogens with one attached hydrogen (secondary N) is 1. The number of hydrogen-bond donors (Lipinski definition) is 1. The zero-order valence-electron chi connectivity index (χ0n) is 19.8. The van der Waals surface area contributed by atoms with Gasteiger partial charge in [-0.1, -0.05) is 19.1 Å². The van der Waals surface area contributed by atoms with Crippen LogP contribution < -0.4 is 5.32 Å². The Bertz CT molecular complexity index is 1070. The summed E-state index contributed by atoms with van der Waals surface area (Å²) in [6, 6.07) is -0.800. The fourth-order valence-electron chi connectivity index (χ4n) is 5.34. The molecule has 1 fully saturated rings. The summed E-state index contributed by atoms with van der Waals surface area (Å²) in [7, 11) is 1.71. The molecular formula is C26H31N3O4. The predicted molar refractivity (Wildman–Crippen MR) is 125 cm³/mol. The number of carbonyl (C=O) groups excluding carboxylic acids is 2. The average Bonchev–Trinajstić information content (AvgIpc) is 3.34. The molecule has 4 aliphatic heterocycles. The number of fused-ring (bicyclic) bond motifs is 3. The summed E-state index contributed by atoms with van der Waals surface area (Å²) in [4.78, 5) is 29.5. The van der Waals surface area contributed by atoms with E-state index < -0.39 is 6.04 Å². The van der Waals surface area contributed by atoms with Crippen LogP contribution in [0.5, 0.6) is 0 Å². The van der Waals surface area contributed by atoms with Gasteiger partial charge < -0.3 is 24.6 Å². The van der Waals surface area contributed by atoms with E-state index in [4.69, 9.17) is 9.47 Å². The minimum Gasteiger partial charge on any atom is -0.458 e. The van der Waals surface area contributed by atoms with Crippen LogP contribution in [-0.4, -0.2) is 54.1 Å². The molecule has 0 saturated carbocycles. The molecule has 3 unspecified atom stereocenters. The van der Waals surface area contributed by atoms with Gasteiger partial charge in [0.15, 0.2) is 5.76 Å². The topological polar surface area (TPSA) is 71.1 Å². The molecule has 1 N–H and O–H groups in total. The molecule has 4 atom stereocenters. The third-order valence-corrected chi connectivity index (χ3v) is 6.80. The first-order chi connectivity index (χ1) is 15.8. The molecule has 5 rings (SSSR count). The minimum absolute atomic E-state index is 0.00577. The molecule has 1 saturated heterocycles. The van der Waals surface area contributed by atoms with Gasteiger partial charge in [-0.25, -0.2) is 0 Å². The molecule has 0 aromatic carbocycles. The highest BCUT2D eigenvalue weighted by Crippen LogP contribution is 2.47. The molecule has 7 nitrogen and oxygen atoms in total. The molecule has 1 aliphatic carbocycles. The molecule has 5 aliphatic rings. The summed E-state index contributed by atoms with van der Waals surface area (Å²) < 4.78 is 11.0. The second kappa shape index (κ2) is 8.86. The van der Waals surface area contributed by atoms with Crippen molar-refractivity contribution in [2.45, 2.75) is 46.2 Å². The summed E-state index contributed by atoms with van der Waals surface area (Å²) in [5.41, 5.74) is 4.37. The van der Waals surface area contributed by atoms with Crippen molar-refractivity contribution in [3.8, 4) is 12.3 Å². The van der Waals surface area contributed by atoms with E-state index >= 15 is 0 Å². The Kier molecular flexibility index (Phi) is 6.11. The average molecular weight is 450 g/mol. The van der Waals surface area contributed by atoms with Crippen LogP contribution in [0.4, 0.5) is 0 Å². The highest BCUT2D eigenvalue weighted by Gasteiger charge is 2.51. The Balaban J connectivity index is 0.000000821. The van der Waals surface area contributed by atoms with E-state index in [1.807, 2.05) is 19.9 Å². The Hall–Kier alpha value is -3.40. The third kappa shape index (κ3) is 3.84. The number of carbonyl (C=O) groups is 2. The molecule has 33 heavy (non-hydrogen) atoms. The number of rotatable bonds is 2. The summed E-state index contributed by atoms with van der Waals surface area (Å²) in [6.07, 6.45) is 13.5. The van der Waals surface area contributed by atoms with E-state index in [1.165, 1.54) is 5.57 Å². The maximum Gasteiger partial charge on any atom is 0.245 e. The number of terminal acetylenes is 1. The second-order valence-corrected chi connectivity index (χ2v) is 9.03. The molecule has 7 heteroatoms. The van der Waals surface area contributed by atoms with Crippen LogP contribution in [0.25, 0.3) is 0 Å². The van der Waals surface area contributed by atoms with Gasteiger partial charge in [-0.3, -0.25) is 9.59 Å². The van der Waals surface area contributed by atoms with E-state index in [0.29, 0.717) is 18.1 Å². The number of hydrogen-bond acceptors (Lipinski definition) is 5. The van der Waals surface area contributed by atoms with Crippen molar-refractivity contribution in [2.24, 2.45) is 11.8 Å². The lowest BCUT2D eigenvalue weighted by Gasteiger charge is -2.47. The van der Waals surface area contributed by atoms with Gasteiger partial charge in [-0.2, -0.15) is 0 Å². The minimum atomic E-state index is -0.474.